The Morgan fingerprint density at radius 2 is 2.00 bits per heavy atom. The van der Waals surface area contributed by atoms with Gasteiger partial charge in [0.1, 0.15) is 5.82 Å². The Labute approximate surface area is 194 Å². The fraction of sp³-hybridized carbons (Fsp3) is 0.400. The lowest BCUT2D eigenvalue weighted by Gasteiger charge is -2.28. The number of nitrogens with zero attached hydrogens (tertiary/aromatic N) is 3. The molecule has 0 unspecified atom stereocenters. The molecule has 0 amide bonds. The summed E-state index contributed by atoms with van der Waals surface area (Å²) in [5.41, 5.74) is 7.44. The maximum absolute atomic E-state index is 13.0. The van der Waals surface area contributed by atoms with Gasteiger partial charge in [-0.25, -0.2) is 9.97 Å². The number of ether oxygens (including phenoxy) is 1. The Morgan fingerprint density at radius 3 is 2.78 bits per heavy atom. The molecule has 1 aromatic carbocycles. The van der Waals surface area contributed by atoms with Gasteiger partial charge >= 0.3 is 0 Å². The number of nitrogens with two attached hydrogens (primary N) is 1. The van der Waals surface area contributed by atoms with E-state index in [9.17, 15) is 4.79 Å². The number of Topliss-reactive ketones (excluding diaryl/α,β-unsaturated/α-hetero) is 1. The molecule has 0 radical (unpaired) electrons. The minimum absolute atomic E-state index is 0. The predicted octanol–water partition coefficient (Wildman–Crippen LogP) is 5.04. The number of benzene rings is 1. The van der Waals surface area contributed by atoms with E-state index in [1.165, 1.54) is 6.20 Å². The molecule has 6 nitrogen and oxygen atoms in total. The molecule has 0 bridgehead atoms. The minimum atomic E-state index is -0.0253. The first kappa shape index (κ1) is 24.0. The van der Waals surface area contributed by atoms with Gasteiger partial charge in [0.2, 0.25) is 5.88 Å². The van der Waals surface area contributed by atoms with Crippen LogP contribution in [0, 0.1) is 5.92 Å². The molecular weight excluding hydrogens is 424 g/mol. The zero-order valence-corrected chi connectivity index (χ0v) is 18.4. The number of pyridine rings is 2. The minimum Gasteiger partial charge on any atom is -0.477 e. The van der Waals surface area contributed by atoms with E-state index < -0.39 is 0 Å². The zero-order valence-electron chi connectivity index (χ0n) is 17.7. The number of fused-ring (bicyclic) bond motifs is 1. The Morgan fingerprint density at radius 1 is 1.22 bits per heavy atom. The highest BCUT2D eigenvalue weighted by atomic mass is 35.5. The van der Waals surface area contributed by atoms with Crippen LogP contribution in [0.1, 0.15) is 42.6 Å². The highest BCUT2D eigenvalue weighted by Crippen LogP contribution is 2.25. The Hall–Kier alpha value is -2.70. The number of anilines is 1. The second kappa shape index (κ2) is 10.7. The van der Waals surface area contributed by atoms with Gasteiger partial charge in [-0.15, -0.1) is 0 Å². The van der Waals surface area contributed by atoms with Crippen LogP contribution >= 0.6 is 11.6 Å². The van der Waals surface area contributed by atoms with Gasteiger partial charge < -0.3 is 15.4 Å². The molecule has 0 aliphatic carbocycles. The van der Waals surface area contributed by atoms with Crippen LogP contribution < -0.4 is 10.5 Å². The number of carbonyl (C=O) groups is 1. The largest absolute Gasteiger partial charge is 0.477 e. The molecule has 1 fully saturated rings. The van der Waals surface area contributed by atoms with Crippen molar-refractivity contribution in [2.75, 3.05) is 32.5 Å². The first-order valence-corrected chi connectivity index (χ1v) is 11.0. The molecule has 1 aliphatic heterocycles. The van der Waals surface area contributed by atoms with E-state index in [-0.39, 0.29) is 13.2 Å². The number of nitrogen functional groups attached to an aromatic ring is 1. The van der Waals surface area contributed by atoms with Crippen LogP contribution in [0.4, 0.5) is 5.82 Å². The number of aryl methyl sites for hydroxylation is 1. The molecule has 2 aromatic heterocycles. The van der Waals surface area contributed by atoms with Gasteiger partial charge in [0, 0.05) is 24.2 Å². The van der Waals surface area contributed by atoms with Crippen molar-refractivity contribution in [3.8, 4) is 5.88 Å². The van der Waals surface area contributed by atoms with Crippen molar-refractivity contribution >= 4 is 34.0 Å². The summed E-state index contributed by atoms with van der Waals surface area (Å²) in [6.07, 6.45) is 6.36. The third-order valence-electron chi connectivity index (χ3n) is 5.91. The lowest BCUT2D eigenvalue weighted by molar-refractivity contribution is 0.0974. The van der Waals surface area contributed by atoms with Crippen molar-refractivity contribution < 1.29 is 9.53 Å². The summed E-state index contributed by atoms with van der Waals surface area (Å²) in [7, 11) is 2.13. The van der Waals surface area contributed by atoms with Gasteiger partial charge in [0.15, 0.2) is 5.78 Å². The van der Waals surface area contributed by atoms with Crippen molar-refractivity contribution in [2.24, 2.45) is 5.92 Å². The number of ketones is 1. The second-order valence-corrected chi connectivity index (χ2v) is 8.68. The topological polar surface area (TPSA) is 81.3 Å². The van der Waals surface area contributed by atoms with Crippen molar-refractivity contribution in [3.63, 3.8) is 0 Å². The molecule has 2 N–H and O–H groups in total. The average Bonchev–Trinajstić information content (AvgIpc) is 2.78. The highest BCUT2D eigenvalue weighted by Gasteiger charge is 2.20. The number of piperidine rings is 1. The van der Waals surface area contributed by atoms with Crippen LogP contribution in [0.2, 0.25) is 5.02 Å². The number of likely N-dealkylation sites (tertiary alicyclic amines) is 1. The van der Waals surface area contributed by atoms with E-state index in [2.05, 4.69) is 21.9 Å². The molecule has 170 valence electrons. The van der Waals surface area contributed by atoms with E-state index >= 15 is 0 Å². The smallest absolute Gasteiger partial charge is 0.224 e. The molecule has 3 heterocycles. The molecule has 0 saturated carbocycles. The number of halogens is 1. The summed E-state index contributed by atoms with van der Waals surface area (Å²) < 4.78 is 5.98. The summed E-state index contributed by atoms with van der Waals surface area (Å²) >= 11 is 6.13. The third-order valence-corrected chi connectivity index (χ3v) is 6.12. The van der Waals surface area contributed by atoms with Crippen LogP contribution in [-0.4, -0.2) is 47.4 Å². The van der Waals surface area contributed by atoms with E-state index in [1.54, 1.807) is 12.3 Å². The molecule has 4 rings (SSSR count). The molecule has 0 atom stereocenters. The molecular formula is C25H31ClN4O2. The number of carbonyl (C=O) groups excluding carboxylic acids is 1. The summed E-state index contributed by atoms with van der Waals surface area (Å²) in [5, 5.41) is 2.37. The van der Waals surface area contributed by atoms with Crippen LogP contribution in [0.3, 0.4) is 0 Å². The van der Waals surface area contributed by atoms with Gasteiger partial charge in [-0.2, -0.15) is 0 Å². The molecule has 7 heteroatoms. The van der Waals surface area contributed by atoms with E-state index in [0.29, 0.717) is 47.7 Å². The number of aromatic nitrogens is 2. The van der Waals surface area contributed by atoms with Gasteiger partial charge in [0.05, 0.1) is 17.2 Å². The van der Waals surface area contributed by atoms with Crippen molar-refractivity contribution in [1.29, 1.82) is 0 Å². The van der Waals surface area contributed by atoms with Gasteiger partial charge in [0.25, 0.3) is 0 Å². The first-order valence-electron chi connectivity index (χ1n) is 10.6. The Bertz CT molecular complexity index is 1080. The maximum Gasteiger partial charge on any atom is 0.224 e. The molecule has 1 aliphatic rings. The lowest BCUT2D eigenvalue weighted by Crippen LogP contribution is -2.32. The molecule has 0 spiro atoms. The fourth-order valence-electron chi connectivity index (χ4n) is 3.97. The van der Waals surface area contributed by atoms with Crippen molar-refractivity contribution in [2.45, 2.75) is 33.1 Å². The maximum atomic E-state index is 13.0. The van der Waals surface area contributed by atoms with Gasteiger partial charge in [-0.05, 0) is 68.4 Å². The van der Waals surface area contributed by atoms with Crippen LogP contribution in [-0.2, 0) is 6.42 Å². The summed E-state index contributed by atoms with van der Waals surface area (Å²) in [4.78, 5) is 23.7. The van der Waals surface area contributed by atoms with Crippen LogP contribution in [0.5, 0.6) is 5.88 Å². The zero-order chi connectivity index (χ0) is 21.8. The highest BCUT2D eigenvalue weighted by molar-refractivity contribution is 6.30. The predicted molar refractivity (Wildman–Crippen MR) is 131 cm³/mol. The standard InChI is InChI=1S/C24H27ClN4O2.CH4/c1-29-10-7-17(8-11-29)15-31-24-21(13-19(25)14-28-24)22(30)5-3-16-2-4-20-18(12-16)6-9-27-23(20)26;/h2,4,6,9,12-14,17H,3,5,7-8,10-11,15H2,1H3,(H2,26,27);1H4. The van der Waals surface area contributed by atoms with Crippen molar-refractivity contribution in [1.82, 2.24) is 14.9 Å². The normalized spacial score (nSPS) is 14.8. The second-order valence-electron chi connectivity index (χ2n) is 8.24. The number of rotatable bonds is 7. The van der Waals surface area contributed by atoms with Gasteiger partial charge in [-0.3, -0.25) is 4.79 Å². The van der Waals surface area contributed by atoms with Crippen LogP contribution in [0.15, 0.2) is 42.7 Å². The molecule has 32 heavy (non-hydrogen) atoms. The first-order chi connectivity index (χ1) is 15.0. The Balaban J connectivity index is 0.00000289. The average molecular weight is 455 g/mol. The summed E-state index contributed by atoms with van der Waals surface area (Å²) in [6, 6.07) is 9.57. The summed E-state index contributed by atoms with van der Waals surface area (Å²) in [5.74, 6) is 1.35. The monoisotopic (exact) mass is 454 g/mol. The van der Waals surface area contributed by atoms with Crippen LogP contribution in [0.25, 0.3) is 10.8 Å². The number of hydrogen-bond donors (Lipinski definition) is 1. The SMILES string of the molecule is C.CN1CCC(COc2ncc(Cl)cc2C(=O)CCc2ccc3c(N)nccc3c2)CC1. The van der Waals surface area contributed by atoms with Crippen molar-refractivity contribution in [3.05, 3.63) is 58.9 Å². The summed E-state index contributed by atoms with van der Waals surface area (Å²) in [6.45, 7) is 2.71. The van der Waals surface area contributed by atoms with E-state index in [0.717, 1.165) is 42.3 Å². The van der Waals surface area contributed by atoms with E-state index in [1.807, 2.05) is 24.3 Å². The Kier molecular flexibility index (Phi) is 8.04. The quantitative estimate of drug-likeness (QED) is 0.504. The third kappa shape index (κ3) is 5.75. The molecule has 1 saturated heterocycles. The van der Waals surface area contributed by atoms with Gasteiger partial charge in [-0.1, -0.05) is 37.2 Å². The number of hydrogen-bond acceptors (Lipinski definition) is 6. The lowest BCUT2D eigenvalue weighted by atomic mass is 9.98. The van der Waals surface area contributed by atoms with E-state index in [4.69, 9.17) is 22.1 Å². The fourth-order valence-corrected chi connectivity index (χ4v) is 4.12. The molecule has 3 aromatic rings.